The zero-order valence-electron chi connectivity index (χ0n) is 18.6. The molecule has 0 aliphatic carbocycles. The first-order valence-corrected chi connectivity index (χ1v) is 10.8. The molecule has 9 heteroatoms. The molecule has 1 saturated heterocycles. The number of rotatable bonds is 7. The zero-order chi connectivity index (χ0) is 23.4. The predicted molar refractivity (Wildman–Crippen MR) is 113 cm³/mol. The molecular weight excluding hydrogens is 416 g/mol. The topological polar surface area (TPSA) is 110 Å². The van der Waals surface area contributed by atoms with Gasteiger partial charge >= 0.3 is 11.9 Å². The molecule has 9 nitrogen and oxygen atoms in total. The van der Waals surface area contributed by atoms with Crippen LogP contribution in [0, 0.1) is 12.8 Å². The van der Waals surface area contributed by atoms with Gasteiger partial charge in [0.25, 0.3) is 17.7 Å². The maximum Gasteiger partial charge on any atom is 0.309 e. The fourth-order valence-corrected chi connectivity index (χ4v) is 3.97. The van der Waals surface area contributed by atoms with Crippen LogP contribution in [-0.2, 0) is 23.9 Å². The Bertz CT molecular complexity index is 934. The summed E-state index contributed by atoms with van der Waals surface area (Å²) in [6.07, 6.45) is -0.187. The number of amides is 3. The van der Waals surface area contributed by atoms with Gasteiger partial charge in [0.2, 0.25) is 0 Å². The Morgan fingerprint density at radius 2 is 1.75 bits per heavy atom. The SMILES string of the molecule is CCOC(=O)C1CCN(C(=O)C(C)OC(=O)CCN2C(=O)c3ccc(C)cc3C2=O)CC1. The number of carbonyl (C=O) groups is 5. The smallest absolute Gasteiger partial charge is 0.309 e. The second kappa shape index (κ2) is 9.93. The van der Waals surface area contributed by atoms with E-state index in [1.54, 1.807) is 30.0 Å². The van der Waals surface area contributed by atoms with Crippen LogP contribution in [0.3, 0.4) is 0 Å². The second-order valence-electron chi connectivity index (χ2n) is 8.04. The molecule has 32 heavy (non-hydrogen) atoms. The number of hydrogen-bond acceptors (Lipinski definition) is 7. The van der Waals surface area contributed by atoms with Crippen LogP contribution in [0.25, 0.3) is 0 Å². The molecule has 0 radical (unpaired) electrons. The van der Waals surface area contributed by atoms with Crippen molar-refractivity contribution in [1.29, 1.82) is 0 Å². The number of aryl methyl sites for hydroxylation is 1. The summed E-state index contributed by atoms with van der Waals surface area (Å²) in [5.74, 6) is -2.35. The minimum Gasteiger partial charge on any atom is -0.466 e. The van der Waals surface area contributed by atoms with Gasteiger partial charge in [0.05, 0.1) is 30.1 Å². The van der Waals surface area contributed by atoms with Crippen molar-refractivity contribution in [1.82, 2.24) is 9.80 Å². The summed E-state index contributed by atoms with van der Waals surface area (Å²) in [4.78, 5) is 64.2. The van der Waals surface area contributed by atoms with Crippen LogP contribution in [-0.4, -0.2) is 71.8 Å². The van der Waals surface area contributed by atoms with Gasteiger partial charge < -0.3 is 14.4 Å². The molecule has 172 valence electrons. The van der Waals surface area contributed by atoms with Crippen LogP contribution >= 0.6 is 0 Å². The van der Waals surface area contributed by atoms with E-state index in [-0.39, 0.29) is 30.8 Å². The van der Waals surface area contributed by atoms with Gasteiger partial charge in [-0.05, 0) is 45.7 Å². The van der Waals surface area contributed by atoms with Crippen molar-refractivity contribution in [3.8, 4) is 0 Å². The maximum atomic E-state index is 12.6. The third-order valence-electron chi connectivity index (χ3n) is 5.75. The Labute approximate surface area is 186 Å². The largest absolute Gasteiger partial charge is 0.466 e. The molecule has 1 atom stereocenters. The van der Waals surface area contributed by atoms with Crippen LogP contribution in [0.15, 0.2) is 18.2 Å². The van der Waals surface area contributed by atoms with Crippen LogP contribution in [0.4, 0.5) is 0 Å². The van der Waals surface area contributed by atoms with E-state index >= 15 is 0 Å². The van der Waals surface area contributed by atoms with Crippen molar-refractivity contribution < 1.29 is 33.4 Å². The summed E-state index contributed by atoms with van der Waals surface area (Å²) < 4.78 is 10.3. The van der Waals surface area contributed by atoms with Crippen molar-refractivity contribution in [3.05, 3.63) is 34.9 Å². The molecule has 3 amide bonds. The molecule has 0 N–H and O–H groups in total. The first-order valence-electron chi connectivity index (χ1n) is 10.8. The first kappa shape index (κ1) is 23.4. The van der Waals surface area contributed by atoms with E-state index in [0.29, 0.717) is 43.7 Å². The molecule has 1 aromatic carbocycles. The molecule has 1 fully saturated rings. The molecule has 2 aliphatic heterocycles. The molecule has 1 unspecified atom stereocenters. The van der Waals surface area contributed by atoms with Crippen molar-refractivity contribution in [3.63, 3.8) is 0 Å². The lowest BCUT2D eigenvalue weighted by molar-refractivity contribution is -0.160. The van der Waals surface area contributed by atoms with Crippen molar-refractivity contribution in [2.45, 2.75) is 46.1 Å². The van der Waals surface area contributed by atoms with E-state index in [2.05, 4.69) is 0 Å². The fourth-order valence-electron chi connectivity index (χ4n) is 3.97. The summed E-state index contributed by atoms with van der Waals surface area (Å²) in [6.45, 7) is 6.05. The number of likely N-dealkylation sites (tertiary alicyclic amines) is 1. The van der Waals surface area contributed by atoms with Gasteiger partial charge in [-0.15, -0.1) is 0 Å². The average Bonchev–Trinajstić information content (AvgIpc) is 3.01. The van der Waals surface area contributed by atoms with Gasteiger partial charge in [-0.1, -0.05) is 11.6 Å². The molecule has 1 aromatic rings. The maximum absolute atomic E-state index is 12.6. The van der Waals surface area contributed by atoms with Crippen LogP contribution in [0.2, 0.25) is 0 Å². The number of benzene rings is 1. The van der Waals surface area contributed by atoms with Gasteiger partial charge in [-0.2, -0.15) is 0 Å². The highest BCUT2D eigenvalue weighted by Crippen LogP contribution is 2.24. The normalized spacial score (nSPS) is 17.2. The summed E-state index contributed by atoms with van der Waals surface area (Å²) in [5, 5.41) is 0. The highest BCUT2D eigenvalue weighted by molar-refractivity contribution is 6.21. The minimum absolute atomic E-state index is 0.115. The predicted octanol–water partition coefficient (Wildman–Crippen LogP) is 1.71. The molecule has 0 saturated carbocycles. The van der Waals surface area contributed by atoms with Crippen molar-refractivity contribution in [2.24, 2.45) is 5.92 Å². The van der Waals surface area contributed by atoms with E-state index in [0.717, 1.165) is 10.5 Å². The van der Waals surface area contributed by atoms with Gasteiger partial charge in [-0.25, -0.2) is 0 Å². The monoisotopic (exact) mass is 444 g/mol. The number of fused-ring (bicyclic) bond motifs is 1. The Kier molecular flexibility index (Phi) is 7.27. The van der Waals surface area contributed by atoms with Crippen LogP contribution < -0.4 is 0 Å². The number of nitrogens with zero attached hydrogens (tertiary/aromatic N) is 2. The van der Waals surface area contributed by atoms with E-state index in [4.69, 9.17) is 9.47 Å². The highest BCUT2D eigenvalue weighted by Gasteiger charge is 2.36. The number of imide groups is 1. The molecule has 2 aliphatic rings. The number of carbonyl (C=O) groups excluding carboxylic acids is 5. The fraction of sp³-hybridized carbons (Fsp3) is 0.522. The van der Waals surface area contributed by atoms with Gasteiger partial charge in [0.1, 0.15) is 0 Å². The Balaban J connectivity index is 1.46. The van der Waals surface area contributed by atoms with Crippen LogP contribution in [0.5, 0.6) is 0 Å². The lowest BCUT2D eigenvalue weighted by Crippen LogP contribution is -2.45. The van der Waals surface area contributed by atoms with E-state index in [1.807, 2.05) is 6.92 Å². The standard InChI is InChI=1S/C23H28N2O7/c1-4-31-23(30)16-7-10-24(11-8-16)20(27)15(3)32-19(26)9-12-25-21(28)17-6-5-14(2)13-18(17)22(25)29/h5-6,13,15-16H,4,7-12H2,1-3H3. The van der Waals surface area contributed by atoms with Crippen molar-refractivity contribution >= 4 is 29.7 Å². The summed E-state index contributed by atoms with van der Waals surface area (Å²) >= 11 is 0. The molecular formula is C23H28N2O7. The van der Waals surface area contributed by atoms with Gasteiger partial charge in [-0.3, -0.25) is 28.9 Å². The van der Waals surface area contributed by atoms with Gasteiger partial charge in [0.15, 0.2) is 6.10 Å². The average molecular weight is 444 g/mol. The Morgan fingerprint density at radius 1 is 1.09 bits per heavy atom. The zero-order valence-corrected chi connectivity index (χ0v) is 18.6. The minimum atomic E-state index is -0.994. The van der Waals surface area contributed by atoms with Crippen LogP contribution in [0.1, 0.15) is 59.4 Å². The number of hydrogen-bond donors (Lipinski definition) is 0. The molecule has 0 bridgehead atoms. The van der Waals surface area contributed by atoms with Crippen molar-refractivity contribution in [2.75, 3.05) is 26.2 Å². The Morgan fingerprint density at radius 3 is 2.41 bits per heavy atom. The first-order chi connectivity index (χ1) is 15.2. The number of ether oxygens (including phenoxy) is 2. The number of esters is 2. The van der Waals surface area contributed by atoms with E-state index in [1.165, 1.54) is 6.92 Å². The van der Waals surface area contributed by atoms with Gasteiger partial charge in [0, 0.05) is 19.6 Å². The lowest BCUT2D eigenvalue weighted by Gasteiger charge is -2.32. The molecule has 0 aromatic heterocycles. The number of piperidine rings is 1. The highest BCUT2D eigenvalue weighted by atomic mass is 16.5. The molecule has 0 spiro atoms. The second-order valence-corrected chi connectivity index (χ2v) is 8.04. The molecule has 2 heterocycles. The summed E-state index contributed by atoms with van der Waals surface area (Å²) in [5.41, 5.74) is 1.52. The summed E-state index contributed by atoms with van der Waals surface area (Å²) in [6, 6.07) is 5.01. The Hall–Kier alpha value is -3.23. The molecule has 3 rings (SSSR count). The van der Waals surface area contributed by atoms with E-state index < -0.39 is 23.9 Å². The third kappa shape index (κ3) is 4.98. The quantitative estimate of drug-likeness (QED) is 0.465. The lowest BCUT2D eigenvalue weighted by atomic mass is 9.97. The third-order valence-corrected chi connectivity index (χ3v) is 5.75. The summed E-state index contributed by atoms with van der Waals surface area (Å²) in [7, 11) is 0. The van der Waals surface area contributed by atoms with E-state index in [9.17, 15) is 24.0 Å².